The van der Waals surface area contributed by atoms with Crippen LogP contribution in [0.25, 0.3) is 0 Å². The molecule has 0 amide bonds. The lowest BCUT2D eigenvalue weighted by atomic mass is 9.48. The molecule has 0 aliphatic heterocycles. The van der Waals surface area contributed by atoms with Gasteiger partial charge in [-0.15, -0.1) is 11.3 Å². The quantitative estimate of drug-likeness (QED) is 0.789. The van der Waals surface area contributed by atoms with Crippen molar-refractivity contribution < 1.29 is 4.79 Å². The predicted molar refractivity (Wildman–Crippen MR) is 83.0 cm³/mol. The van der Waals surface area contributed by atoms with E-state index in [9.17, 15) is 4.79 Å². The summed E-state index contributed by atoms with van der Waals surface area (Å²) in [6.45, 7) is 2.19. The van der Waals surface area contributed by atoms with E-state index in [1.807, 2.05) is 11.3 Å². The van der Waals surface area contributed by atoms with E-state index in [0.29, 0.717) is 12.2 Å². The van der Waals surface area contributed by atoms with Crippen LogP contribution in [0.3, 0.4) is 0 Å². The molecule has 1 aromatic heterocycles. The van der Waals surface area contributed by atoms with Crippen LogP contribution in [0.5, 0.6) is 0 Å². The lowest BCUT2D eigenvalue weighted by Crippen LogP contribution is -2.50. The maximum absolute atomic E-state index is 13.0. The van der Waals surface area contributed by atoms with Gasteiger partial charge in [-0.05, 0) is 74.8 Å². The van der Waals surface area contributed by atoms with E-state index in [-0.39, 0.29) is 5.41 Å². The topological polar surface area (TPSA) is 17.1 Å². The van der Waals surface area contributed by atoms with E-state index in [1.54, 1.807) is 0 Å². The molecular weight excluding hydrogens is 264 g/mol. The first-order chi connectivity index (χ1) is 9.67. The van der Waals surface area contributed by atoms with Crippen molar-refractivity contribution in [3.63, 3.8) is 0 Å². The highest BCUT2D eigenvalue weighted by Crippen LogP contribution is 2.60. The molecule has 5 rings (SSSR count). The van der Waals surface area contributed by atoms with Gasteiger partial charge in [-0.3, -0.25) is 4.79 Å². The zero-order chi connectivity index (χ0) is 13.7. The van der Waals surface area contributed by atoms with Gasteiger partial charge in [0.1, 0.15) is 5.78 Å². The molecule has 0 spiro atoms. The molecule has 4 bridgehead atoms. The molecule has 0 unspecified atom stereocenters. The Morgan fingerprint density at radius 3 is 2.15 bits per heavy atom. The summed E-state index contributed by atoms with van der Waals surface area (Å²) < 4.78 is 0. The van der Waals surface area contributed by atoms with Crippen molar-refractivity contribution in [2.75, 3.05) is 0 Å². The summed E-state index contributed by atoms with van der Waals surface area (Å²) in [6, 6.07) is 4.38. The van der Waals surface area contributed by atoms with Crippen molar-refractivity contribution in [2.24, 2.45) is 23.2 Å². The fourth-order valence-electron chi connectivity index (χ4n) is 5.51. The van der Waals surface area contributed by atoms with Crippen LogP contribution >= 0.6 is 11.3 Å². The minimum absolute atomic E-state index is 0.0884. The first-order valence-corrected chi connectivity index (χ1v) is 9.09. The van der Waals surface area contributed by atoms with Crippen LogP contribution in [0.2, 0.25) is 0 Å². The molecule has 20 heavy (non-hydrogen) atoms. The smallest absolute Gasteiger partial charge is 0.144 e. The van der Waals surface area contributed by atoms with Crippen LogP contribution in [-0.4, -0.2) is 5.78 Å². The summed E-state index contributed by atoms with van der Waals surface area (Å²) in [6.07, 6.45) is 9.70. The van der Waals surface area contributed by atoms with Crippen LogP contribution in [-0.2, 0) is 17.6 Å². The van der Waals surface area contributed by atoms with E-state index < -0.39 is 0 Å². The fourth-order valence-corrected chi connectivity index (χ4v) is 6.46. The third kappa shape index (κ3) is 2.07. The van der Waals surface area contributed by atoms with Crippen molar-refractivity contribution in [1.82, 2.24) is 0 Å². The molecule has 2 heteroatoms. The molecule has 1 heterocycles. The highest BCUT2D eigenvalue weighted by Gasteiger charge is 2.54. The second-order valence-corrected chi connectivity index (χ2v) is 8.77. The summed E-state index contributed by atoms with van der Waals surface area (Å²) in [5.74, 6) is 3.19. The molecule has 0 N–H and O–H groups in total. The maximum Gasteiger partial charge on any atom is 0.144 e. The number of hydrogen-bond donors (Lipinski definition) is 0. The first kappa shape index (κ1) is 13.1. The Hall–Kier alpha value is -0.630. The Morgan fingerprint density at radius 1 is 1.10 bits per heavy atom. The minimum atomic E-state index is 0.0884. The normalized spacial score (nSPS) is 38.4. The van der Waals surface area contributed by atoms with Gasteiger partial charge < -0.3 is 0 Å². The summed E-state index contributed by atoms with van der Waals surface area (Å²) >= 11 is 1.84. The summed E-state index contributed by atoms with van der Waals surface area (Å²) in [4.78, 5) is 15.7. The van der Waals surface area contributed by atoms with Crippen molar-refractivity contribution in [1.29, 1.82) is 0 Å². The molecule has 1 aromatic rings. The molecule has 4 saturated carbocycles. The fraction of sp³-hybridized carbons (Fsp3) is 0.722. The standard InChI is InChI=1S/C18H24OS/c1-2-15-3-4-16(20-15)8-17(19)18-9-12-5-13(10-18)7-14(6-12)11-18/h3-4,12-14H,2,5-11H2,1H3. The van der Waals surface area contributed by atoms with Gasteiger partial charge in [-0.1, -0.05) is 6.92 Å². The van der Waals surface area contributed by atoms with Gasteiger partial charge in [0.2, 0.25) is 0 Å². The molecule has 0 saturated heterocycles. The molecule has 4 fully saturated rings. The van der Waals surface area contributed by atoms with Crippen LogP contribution in [0.4, 0.5) is 0 Å². The number of hydrogen-bond acceptors (Lipinski definition) is 2. The summed E-state index contributed by atoms with van der Waals surface area (Å²) in [5.41, 5.74) is 0.0884. The zero-order valence-electron chi connectivity index (χ0n) is 12.4. The van der Waals surface area contributed by atoms with Gasteiger partial charge >= 0.3 is 0 Å². The van der Waals surface area contributed by atoms with E-state index in [0.717, 1.165) is 24.2 Å². The molecule has 0 atom stereocenters. The molecule has 0 aromatic carbocycles. The first-order valence-electron chi connectivity index (χ1n) is 8.28. The molecule has 4 aliphatic carbocycles. The number of rotatable bonds is 4. The van der Waals surface area contributed by atoms with Crippen molar-refractivity contribution in [2.45, 2.75) is 58.3 Å². The van der Waals surface area contributed by atoms with Gasteiger partial charge in [0, 0.05) is 21.6 Å². The number of aryl methyl sites for hydroxylation is 1. The van der Waals surface area contributed by atoms with E-state index in [4.69, 9.17) is 0 Å². The van der Waals surface area contributed by atoms with E-state index in [1.165, 1.54) is 48.3 Å². The number of carbonyl (C=O) groups excluding carboxylic acids is 1. The Morgan fingerprint density at radius 2 is 1.65 bits per heavy atom. The number of carbonyl (C=O) groups is 1. The third-order valence-corrected chi connectivity index (χ3v) is 7.26. The van der Waals surface area contributed by atoms with Crippen LogP contribution < -0.4 is 0 Å². The zero-order valence-corrected chi connectivity index (χ0v) is 13.2. The lowest BCUT2D eigenvalue weighted by molar-refractivity contribution is -0.143. The molecule has 4 aliphatic rings. The second kappa shape index (κ2) is 4.69. The summed E-state index contributed by atoms with van der Waals surface area (Å²) in [7, 11) is 0. The van der Waals surface area contributed by atoms with Crippen LogP contribution in [0.15, 0.2) is 12.1 Å². The van der Waals surface area contributed by atoms with E-state index >= 15 is 0 Å². The van der Waals surface area contributed by atoms with E-state index in [2.05, 4.69) is 19.1 Å². The van der Waals surface area contributed by atoms with Crippen LogP contribution in [0.1, 0.15) is 55.2 Å². The third-order valence-electron chi connectivity index (χ3n) is 6.03. The largest absolute Gasteiger partial charge is 0.299 e. The van der Waals surface area contributed by atoms with Crippen LogP contribution in [0, 0.1) is 23.2 Å². The lowest BCUT2D eigenvalue weighted by Gasteiger charge is -2.56. The Bertz CT molecular complexity index is 492. The molecule has 1 nitrogen and oxygen atoms in total. The average molecular weight is 288 g/mol. The van der Waals surface area contributed by atoms with Crippen molar-refractivity contribution >= 4 is 17.1 Å². The molecule has 108 valence electrons. The maximum atomic E-state index is 13.0. The summed E-state index contributed by atoms with van der Waals surface area (Å²) in [5, 5.41) is 0. The monoisotopic (exact) mass is 288 g/mol. The van der Waals surface area contributed by atoms with Gasteiger partial charge in [0.05, 0.1) is 0 Å². The van der Waals surface area contributed by atoms with Gasteiger partial charge in [0.15, 0.2) is 0 Å². The Kier molecular flexibility index (Phi) is 3.06. The second-order valence-electron chi connectivity index (χ2n) is 7.52. The highest BCUT2D eigenvalue weighted by atomic mass is 32.1. The van der Waals surface area contributed by atoms with Gasteiger partial charge in [0.25, 0.3) is 0 Å². The molecule has 0 radical (unpaired) electrons. The molecular formula is C18H24OS. The highest BCUT2D eigenvalue weighted by molar-refractivity contribution is 7.12. The van der Waals surface area contributed by atoms with Gasteiger partial charge in [-0.25, -0.2) is 0 Å². The number of thiophene rings is 1. The predicted octanol–water partition coefficient (Wildman–Crippen LogP) is 4.64. The Labute approximate surface area is 125 Å². The van der Waals surface area contributed by atoms with Gasteiger partial charge in [-0.2, -0.15) is 0 Å². The number of ketones is 1. The minimum Gasteiger partial charge on any atom is -0.299 e. The average Bonchev–Trinajstić information content (AvgIpc) is 2.85. The van der Waals surface area contributed by atoms with Crippen molar-refractivity contribution in [3.8, 4) is 0 Å². The number of Topliss-reactive ketones (excluding diaryl/α,β-unsaturated/α-hetero) is 1. The Balaban J connectivity index is 1.53. The SMILES string of the molecule is CCc1ccc(CC(=O)C23CC4CC(CC(C4)C2)C3)s1. The van der Waals surface area contributed by atoms with Crippen molar-refractivity contribution in [3.05, 3.63) is 21.9 Å².